The largest absolute Gasteiger partial charge is 0.368 e. The van der Waals surface area contributed by atoms with E-state index in [2.05, 4.69) is 27.9 Å². The molecule has 1 aliphatic rings. The first-order valence-corrected chi connectivity index (χ1v) is 6.28. The van der Waals surface area contributed by atoms with Crippen LogP contribution >= 0.6 is 0 Å². The Morgan fingerprint density at radius 2 is 1.94 bits per heavy atom. The summed E-state index contributed by atoms with van der Waals surface area (Å²) in [5.41, 5.74) is 2.96. The van der Waals surface area contributed by atoms with Gasteiger partial charge in [0.05, 0.1) is 5.69 Å². The number of carbonyl (C=O) groups excluding carboxylic acids is 1. The second kappa shape index (κ2) is 4.46. The Bertz CT molecular complexity index is 567. The summed E-state index contributed by atoms with van der Waals surface area (Å²) in [5.74, 6) is 0. The van der Waals surface area contributed by atoms with E-state index in [0.29, 0.717) is 0 Å². The van der Waals surface area contributed by atoms with Crippen molar-refractivity contribution < 1.29 is 4.79 Å². The Morgan fingerprint density at radius 1 is 1.17 bits per heavy atom. The van der Waals surface area contributed by atoms with Crippen LogP contribution in [0.2, 0.25) is 0 Å². The minimum absolute atomic E-state index is 0.784. The van der Waals surface area contributed by atoms with Gasteiger partial charge in [-0.1, -0.05) is 0 Å². The third-order valence-electron chi connectivity index (χ3n) is 3.68. The molecule has 0 bridgehead atoms. The highest BCUT2D eigenvalue weighted by Crippen LogP contribution is 2.30. The number of hydrogen-bond donors (Lipinski definition) is 1. The number of aromatic amines is 1. The molecule has 3 rings (SSSR count). The van der Waals surface area contributed by atoms with Gasteiger partial charge >= 0.3 is 0 Å². The van der Waals surface area contributed by atoms with Gasteiger partial charge in [0.25, 0.3) is 0 Å². The molecule has 0 unspecified atom stereocenters. The molecule has 0 spiro atoms. The van der Waals surface area contributed by atoms with Crippen LogP contribution in [0.25, 0.3) is 10.9 Å². The number of H-pyrrole nitrogens is 1. The van der Waals surface area contributed by atoms with Crippen molar-refractivity contribution in [3.05, 3.63) is 30.0 Å². The summed E-state index contributed by atoms with van der Waals surface area (Å²) in [4.78, 5) is 19.1. The molecule has 2 aromatic rings. The second-order valence-electron chi connectivity index (χ2n) is 4.85. The number of carbonyl (C=O) groups is 1. The molecule has 0 saturated carbocycles. The third-order valence-corrected chi connectivity index (χ3v) is 3.68. The van der Waals surface area contributed by atoms with E-state index in [1.54, 1.807) is 0 Å². The molecule has 1 fully saturated rings. The molecule has 0 amide bonds. The molecule has 4 heteroatoms. The number of aldehydes is 1. The van der Waals surface area contributed by atoms with Crippen LogP contribution in [-0.4, -0.2) is 49.4 Å². The maximum atomic E-state index is 11.3. The quantitative estimate of drug-likeness (QED) is 0.817. The van der Waals surface area contributed by atoms with E-state index in [1.165, 1.54) is 0 Å². The fraction of sp³-hybridized carbons (Fsp3) is 0.357. The topological polar surface area (TPSA) is 39.3 Å². The summed E-state index contributed by atoms with van der Waals surface area (Å²) in [7, 11) is 2.13. The van der Waals surface area contributed by atoms with Crippen LogP contribution in [0.3, 0.4) is 0 Å². The maximum absolute atomic E-state index is 11.3. The number of piperazine rings is 1. The van der Waals surface area contributed by atoms with E-state index in [-0.39, 0.29) is 0 Å². The molecule has 0 atom stereocenters. The summed E-state index contributed by atoms with van der Waals surface area (Å²) in [6.45, 7) is 4.03. The third kappa shape index (κ3) is 1.78. The number of rotatable bonds is 2. The molecule has 1 aliphatic heterocycles. The van der Waals surface area contributed by atoms with E-state index in [1.807, 2.05) is 18.3 Å². The molecule has 1 aromatic carbocycles. The highest BCUT2D eigenvalue weighted by Gasteiger charge is 2.19. The van der Waals surface area contributed by atoms with E-state index < -0.39 is 0 Å². The van der Waals surface area contributed by atoms with Crippen molar-refractivity contribution in [2.24, 2.45) is 0 Å². The standard InChI is InChI=1S/C14H17N3O/c1-16-6-8-17(9-7-16)14-11(10-18)2-3-13-12(14)4-5-15-13/h2-5,10,15H,6-9H2,1H3. The first-order chi connectivity index (χ1) is 8.79. The summed E-state index contributed by atoms with van der Waals surface area (Å²) in [6, 6.07) is 5.92. The predicted molar refractivity (Wildman–Crippen MR) is 73.4 cm³/mol. The van der Waals surface area contributed by atoms with Gasteiger partial charge in [-0.05, 0) is 25.2 Å². The Kier molecular flexibility index (Phi) is 2.80. The van der Waals surface area contributed by atoms with Gasteiger partial charge in [-0.25, -0.2) is 0 Å². The molecular formula is C14H17N3O. The van der Waals surface area contributed by atoms with Crippen LogP contribution in [-0.2, 0) is 0 Å². The number of nitrogens with zero attached hydrogens (tertiary/aromatic N) is 2. The van der Waals surface area contributed by atoms with Crippen molar-refractivity contribution in [3.63, 3.8) is 0 Å². The number of anilines is 1. The zero-order chi connectivity index (χ0) is 12.5. The van der Waals surface area contributed by atoms with Crippen LogP contribution in [0.5, 0.6) is 0 Å². The van der Waals surface area contributed by atoms with Gasteiger partial charge in [0.2, 0.25) is 0 Å². The lowest BCUT2D eigenvalue weighted by atomic mass is 10.1. The zero-order valence-electron chi connectivity index (χ0n) is 10.5. The molecule has 0 radical (unpaired) electrons. The average Bonchev–Trinajstić information content (AvgIpc) is 2.87. The summed E-state index contributed by atoms with van der Waals surface area (Å²) < 4.78 is 0. The molecule has 1 saturated heterocycles. The van der Waals surface area contributed by atoms with E-state index >= 15 is 0 Å². The van der Waals surface area contributed by atoms with Gasteiger partial charge in [0.1, 0.15) is 0 Å². The number of nitrogens with one attached hydrogen (secondary N) is 1. The molecular weight excluding hydrogens is 226 g/mol. The lowest BCUT2D eigenvalue weighted by molar-refractivity contribution is 0.112. The van der Waals surface area contributed by atoms with Crippen molar-refractivity contribution in [2.45, 2.75) is 0 Å². The molecule has 94 valence electrons. The monoisotopic (exact) mass is 243 g/mol. The van der Waals surface area contributed by atoms with E-state index in [4.69, 9.17) is 0 Å². The van der Waals surface area contributed by atoms with Crippen LogP contribution in [0.1, 0.15) is 10.4 Å². The first-order valence-electron chi connectivity index (χ1n) is 6.28. The lowest BCUT2D eigenvalue weighted by Gasteiger charge is -2.35. The Balaban J connectivity index is 2.08. The van der Waals surface area contributed by atoms with E-state index in [0.717, 1.165) is 54.6 Å². The lowest BCUT2D eigenvalue weighted by Crippen LogP contribution is -2.44. The fourth-order valence-electron chi connectivity index (χ4n) is 2.61. The maximum Gasteiger partial charge on any atom is 0.152 e. The highest BCUT2D eigenvalue weighted by molar-refractivity contribution is 6.01. The summed E-state index contributed by atoms with van der Waals surface area (Å²) in [5, 5.41) is 1.14. The van der Waals surface area contributed by atoms with Gasteiger partial charge < -0.3 is 14.8 Å². The smallest absolute Gasteiger partial charge is 0.152 e. The van der Waals surface area contributed by atoms with Gasteiger partial charge in [-0.3, -0.25) is 4.79 Å². The second-order valence-corrected chi connectivity index (χ2v) is 4.85. The summed E-state index contributed by atoms with van der Waals surface area (Å²) >= 11 is 0. The molecule has 4 nitrogen and oxygen atoms in total. The zero-order valence-corrected chi connectivity index (χ0v) is 10.5. The normalized spacial score (nSPS) is 17.3. The predicted octanol–water partition coefficient (Wildman–Crippen LogP) is 1.73. The molecule has 0 aliphatic carbocycles. The van der Waals surface area contributed by atoms with Crippen LogP contribution in [0, 0.1) is 0 Å². The van der Waals surface area contributed by atoms with Crippen molar-refractivity contribution in [2.75, 3.05) is 38.1 Å². The van der Waals surface area contributed by atoms with Crippen molar-refractivity contribution >= 4 is 22.9 Å². The number of fused-ring (bicyclic) bond motifs is 1. The number of hydrogen-bond acceptors (Lipinski definition) is 3. The van der Waals surface area contributed by atoms with Crippen LogP contribution in [0.4, 0.5) is 5.69 Å². The average molecular weight is 243 g/mol. The van der Waals surface area contributed by atoms with E-state index in [9.17, 15) is 4.79 Å². The Hall–Kier alpha value is -1.81. The van der Waals surface area contributed by atoms with Gasteiger partial charge in [0, 0.05) is 48.8 Å². The molecule has 2 heterocycles. The number of aromatic nitrogens is 1. The number of benzene rings is 1. The summed E-state index contributed by atoms with van der Waals surface area (Å²) in [6.07, 6.45) is 2.89. The molecule has 18 heavy (non-hydrogen) atoms. The Labute approximate surface area is 106 Å². The van der Waals surface area contributed by atoms with Crippen molar-refractivity contribution in [1.29, 1.82) is 0 Å². The van der Waals surface area contributed by atoms with Crippen LogP contribution in [0.15, 0.2) is 24.4 Å². The number of likely N-dealkylation sites (N-methyl/N-ethyl adjacent to an activating group) is 1. The highest BCUT2D eigenvalue weighted by atomic mass is 16.1. The minimum atomic E-state index is 0.784. The van der Waals surface area contributed by atoms with Gasteiger partial charge in [0.15, 0.2) is 6.29 Å². The fourth-order valence-corrected chi connectivity index (χ4v) is 2.61. The molecule has 1 N–H and O–H groups in total. The Morgan fingerprint density at radius 3 is 2.67 bits per heavy atom. The molecule has 1 aromatic heterocycles. The van der Waals surface area contributed by atoms with Crippen LogP contribution < -0.4 is 4.90 Å². The SMILES string of the molecule is CN1CCN(c2c(C=O)ccc3[nH]ccc23)CC1. The van der Waals surface area contributed by atoms with Crippen molar-refractivity contribution in [3.8, 4) is 0 Å². The minimum Gasteiger partial charge on any atom is -0.368 e. The van der Waals surface area contributed by atoms with Gasteiger partial charge in [-0.15, -0.1) is 0 Å². The first kappa shape index (κ1) is 11.3. The van der Waals surface area contributed by atoms with Crippen molar-refractivity contribution in [1.82, 2.24) is 9.88 Å². The van der Waals surface area contributed by atoms with Gasteiger partial charge in [-0.2, -0.15) is 0 Å².